The third kappa shape index (κ3) is 2.59. The van der Waals surface area contributed by atoms with Gasteiger partial charge in [0, 0.05) is 6.07 Å². The molecule has 0 aromatic heterocycles. The quantitative estimate of drug-likeness (QED) is 0.587. The molecule has 1 aliphatic rings. The Morgan fingerprint density at radius 1 is 1.53 bits per heavy atom. The van der Waals surface area contributed by atoms with E-state index in [2.05, 4.69) is 0 Å². The fraction of sp³-hybridized carbons (Fsp3) is 0.400. The van der Waals surface area contributed by atoms with Crippen molar-refractivity contribution in [3.8, 4) is 5.75 Å². The van der Waals surface area contributed by atoms with E-state index in [1.165, 1.54) is 31.0 Å². The van der Waals surface area contributed by atoms with E-state index in [0.29, 0.717) is 23.3 Å². The van der Waals surface area contributed by atoms with Crippen molar-refractivity contribution >= 4 is 17.3 Å². The van der Waals surface area contributed by atoms with Crippen LogP contribution in [-0.4, -0.2) is 11.5 Å². The van der Waals surface area contributed by atoms with Crippen LogP contribution in [0.3, 0.4) is 0 Å². The minimum Gasteiger partial charge on any atom is -0.491 e. The Hall–Kier alpha value is -1.29. The molecule has 0 heterocycles. The summed E-state index contributed by atoms with van der Waals surface area (Å²) in [5, 5.41) is 10.9. The number of non-ortho nitro benzene ring substituents is 1. The summed E-state index contributed by atoms with van der Waals surface area (Å²) in [5.41, 5.74) is 0.00481. The van der Waals surface area contributed by atoms with Gasteiger partial charge in [0.1, 0.15) is 5.75 Å². The first kappa shape index (κ1) is 10.2. The first-order valence-corrected chi connectivity index (χ1v) is 5.11. The summed E-state index contributed by atoms with van der Waals surface area (Å²) in [7, 11) is 0. The number of nitro benzene ring substituents is 1. The highest BCUT2D eigenvalue weighted by Crippen LogP contribution is 2.33. The lowest BCUT2D eigenvalue weighted by atomic mass is 10.3. The van der Waals surface area contributed by atoms with Crippen molar-refractivity contribution in [2.45, 2.75) is 12.8 Å². The van der Waals surface area contributed by atoms with Crippen molar-refractivity contribution in [3.63, 3.8) is 0 Å². The highest BCUT2D eigenvalue weighted by atomic mass is 35.5. The van der Waals surface area contributed by atoms with Gasteiger partial charge in [0.2, 0.25) is 0 Å². The third-order valence-corrected chi connectivity index (χ3v) is 2.61. The van der Waals surface area contributed by atoms with E-state index in [4.69, 9.17) is 16.3 Å². The van der Waals surface area contributed by atoms with Crippen molar-refractivity contribution in [1.82, 2.24) is 0 Å². The average molecular weight is 228 g/mol. The number of nitro groups is 1. The molecule has 4 nitrogen and oxygen atoms in total. The molecule has 1 aromatic rings. The third-order valence-electron chi connectivity index (χ3n) is 2.30. The van der Waals surface area contributed by atoms with E-state index in [-0.39, 0.29) is 5.69 Å². The van der Waals surface area contributed by atoms with Gasteiger partial charge in [-0.3, -0.25) is 10.1 Å². The van der Waals surface area contributed by atoms with Crippen LogP contribution in [0.4, 0.5) is 5.69 Å². The first-order chi connectivity index (χ1) is 7.16. The van der Waals surface area contributed by atoms with Crippen LogP contribution in [0.15, 0.2) is 18.2 Å². The molecule has 0 unspecified atom stereocenters. The lowest BCUT2D eigenvalue weighted by Gasteiger charge is -2.06. The number of nitrogens with zero attached hydrogens (tertiary/aromatic N) is 1. The number of hydrogen-bond donors (Lipinski definition) is 0. The van der Waals surface area contributed by atoms with Gasteiger partial charge in [-0.25, -0.2) is 0 Å². The summed E-state index contributed by atoms with van der Waals surface area (Å²) in [4.78, 5) is 10.1. The van der Waals surface area contributed by atoms with Gasteiger partial charge in [-0.05, 0) is 24.8 Å². The molecule has 15 heavy (non-hydrogen) atoms. The van der Waals surface area contributed by atoms with E-state index in [1.807, 2.05) is 0 Å². The minimum atomic E-state index is -0.458. The molecular formula is C10H10ClNO3. The van der Waals surface area contributed by atoms with Crippen molar-refractivity contribution in [2.75, 3.05) is 6.61 Å². The molecule has 1 fully saturated rings. The summed E-state index contributed by atoms with van der Waals surface area (Å²) in [6.45, 7) is 0.598. The smallest absolute Gasteiger partial charge is 0.273 e. The topological polar surface area (TPSA) is 52.4 Å². The van der Waals surface area contributed by atoms with Gasteiger partial charge in [-0.1, -0.05) is 11.6 Å². The molecule has 1 saturated carbocycles. The van der Waals surface area contributed by atoms with Gasteiger partial charge < -0.3 is 4.74 Å². The number of halogens is 1. The lowest BCUT2D eigenvalue weighted by Crippen LogP contribution is -2.00. The van der Waals surface area contributed by atoms with Gasteiger partial charge >= 0.3 is 0 Å². The van der Waals surface area contributed by atoms with Crippen LogP contribution < -0.4 is 4.74 Å². The number of rotatable bonds is 4. The molecular weight excluding hydrogens is 218 g/mol. The minimum absolute atomic E-state index is 0.00481. The van der Waals surface area contributed by atoms with Gasteiger partial charge in [0.05, 0.1) is 22.6 Å². The Balaban J connectivity index is 2.12. The number of ether oxygens (including phenoxy) is 1. The second kappa shape index (κ2) is 4.06. The molecule has 0 bridgehead atoms. The van der Waals surface area contributed by atoms with Crippen LogP contribution >= 0.6 is 11.6 Å². The largest absolute Gasteiger partial charge is 0.491 e. The maximum absolute atomic E-state index is 10.5. The maximum atomic E-state index is 10.5. The lowest BCUT2D eigenvalue weighted by molar-refractivity contribution is -0.384. The van der Waals surface area contributed by atoms with Gasteiger partial charge in [0.25, 0.3) is 5.69 Å². The highest BCUT2D eigenvalue weighted by Gasteiger charge is 2.22. The van der Waals surface area contributed by atoms with E-state index >= 15 is 0 Å². The SMILES string of the molecule is O=[N+]([O-])c1ccc(Cl)c(OCC2CC2)c1. The summed E-state index contributed by atoms with van der Waals surface area (Å²) in [6.07, 6.45) is 2.35. The predicted molar refractivity (Wildman–Crippen MR) is 56.3 cm³/mol. The molecule has 0 spiro atoms. The van der Waals surface area contributed by atoms with Crippen molar-refractivity contribution in [1.29, 1.82) is 0 Å². The standard InChI is InChI=1S/C10H10ClNO3/c11-9-4-3-8(12(13)14)5-10(9)15-6-7-1-2-7/h3-5,7H,1-2,6H2. The van der Waals surface area contributed by atoms with Crippen LogP contribution in [0.5, 0.6) is 5.75 Å². The van der Waals surface area contributed by atoms with E-state index in [1.54, 1.807) is 0 Å². The second-order valence-corrected chi connectivity index (χ2v) is 4.03. The highest BCUT2D eigenvalue weighted by molar-refractivity contribution is 6.32. The van der Waals surface area contributed by atoms with Crippen LogP contribution in [0.1, 0.15) is 12.8 Å². The molecule has 0 radical (unpaired) electrons. The van der Waals surface area contributed by atoms with Crippen LogP contribution in [0.25, 0.3) is 0 Å². The molecule has 0 aliphatic heterocycles. The van der Waals surface area contributed by atoms with Crippen LogP contribution in [0.2, 0.25) is 5.02 Å². The zero-order valence-corrected chi connectivity index (χ0v) is 8.74. The molecule has 0 atom stereocenters. The van der Waals surface area contributed by atoms with E-state index in [0.717, 1.165) is 0 Å². The fourth-order valence-corrected chi connectivity index (χ4v) is 1.38. The predicted octanol–water partition coefficient (Wildman–Crippen LogP) is 3.04. The van der Waals surface area contributed by atoms with Gasteiger partial charge in [-0.2, -0.15) is 0 Å². The summed E-state index contributed by atoms with van der Waals surface area (Å²) >= 11 is 5.86. The van der Waals surface area contributed by atoms with Crippen LogP contribution in [-0.2, 0) is 0 Å². The zero-order chi connectivity index (χ0) is 10.8. The number of benzene rings is 1. The molecule has 1 aliphatic carbocycles. The number of hydrogen-bond acceptors (Lipinski definition) is 3. The van der Waals surface area contributed by atoms with Crippen molar-refractivity contribution in [2.24, 2.45) is 5.92 Å². The molecule has 5 heteroatoms. The zero-order valence-electron chi connectivity index (χ0n) is 7.98. The van der Waals surface area contributed by atoms with E-state index < -0.39 is 4.92 Å². The van der Waals surface area contributed by atoms with Gasteiger partial charge in [-0.15, -0.1) is 0 Å². The Bertz CT molecular complexity index is 390. The summed E-state index contributed by atoms with van der Waals surface area (Å²) < 4.78 is 5.42. The molecule has 0 N–H and O–H groups in total. The van der Waals surface area contributed by atoms with Crippen LogP contribution in [0, 0.1) is 16.0 Å². The van der Waals surface area contributed by atoms with Crippen molar-refractivity contribution < 1.29 is 9.66 Å². The van der Waals surface area contributed by atoms with Gasteiger partial charge in [0.15, 0.2) is 0 Å². The monoisotopic (exact) mass is 227 g/mol. The first-order valence-electron chi connectivity index (χ1n) is 4.73. The maximum Gasteiger partial charge on any atom is 0.273 e. The molecule has 1 aromatic carbocycles. The second-order valence-electron chi connectivity index (χ2n) is 3.63. The molecule has 0 saturated heterocycles. The average Bonchev–Trinajstić information content (AvgIpc) is 3.00. The van der Waals surface area contributed by atoms with E-state index in [9.17, 15) is 10.1 Å². The Kier molecular flexibility index (Phi) is 2.77. The Labute approximate surface area is 92.0 Å². The summed E-state index contributed by atoms with van der Waals surface area (Å²) in [6, 6.07) is 4.22. The Morgan fingerprint density at radius 3 is 2.87 bits per heavy atom. The molecule has 0 amide bonds. The fourth-order valence-electron chi connectivity index (χ4n) is 1.21. The van der Waals surface area contributed by atoms with Crippen molar-refractivity contribution in [3.05, 3.63) is 33.3 Å². The Morgan fingerprint density at radius 2 is 2.27 bits per heavy atom. The summed E-state index contributed by atoms with van der Waals surface area (Å²) in [5.74, 6) is 0.998. The molecule has 2 rings (SSSR count). The molecule has 80 valence electrons. The normalized spacial score (nSPS) is 15.0.